The van der Waals surface area contributed by atoms with Gasteiger partial charge in [-0.3, -0.25) is 4.79 Å². The molecule has 0 spiro atoms. The summed E-state index contributed by atoms with van der Waals surface area (Å²) in [7, 11) is 0. The standard InChI is InChI=1S/C16H12BrF4NO3/c17-10-1-6-14(13(18)7-10)24-8-15(23)22-11-2-4-12(5-3-11)25-9-16(19,20)21/h1-7H,8-9H2,(H,22,23). The summed E-state index contributed by atoms with van der Waals surface area (Å²) in [5.41, 5.74) is 0.337. The van der Waals surface area contributed by atoms with E-state index in [2.05, 4.69) is 26.0 Å². The molecule has 0 bridgehead atoms. The Morgan fingerprint density at radius 2 is 1.76 bits per heavy atom. The average Bonchev–Trinajstić information content (AvgIpc) is 2.52. The lowest BCUT2D eigenvalue weighted by atomic mass is 10.3. The first-order chi connectivity index (χ1) is 11.7. The van der Waals surface area contributed by atoms with Crippen molar-refractivity contribution in [2.24, 2.45) is 0 Å². The van der Waals surface area contributed by atoms with Gasteiger partial charge in [0.05, 0.1) is 0 Å². The van der Waals surface area contributed by atoms with Gasteiger partial charge in [-0.05, 0) is 42.5 Å². The SMILES string of the molecule is O=C(COc1ccc(Br)cc1F)Nc1ccc(OCC(F)(F)F)cc1. The first kappa shape index (κ1) is 19.0. The highest BCUT2D eigenvalue weighted by atomic mass is 79.9. The number of benzene rings is 2. The Balaban J connectivity index is 1.84. The molecule has 0 unspecified atom stereocenters. The zero-order valence-electron chi connectivity index (χ0n) is 12.6. The number of hydrogen-bond donors (Lipinski definition) is 1. The van der Waals surface area contributed by atoms with Gasteiger partial charge >= 0.3 is 6.18 Å². The van der Waals surface area contributed by atoms with Crippen molar-refractivity contribution in [2.75, 3.05) is 18.5 Å². The molecule has 2 rings (SSSR count). The van der Waals surface area contributed by atoms with Crippen LogP contribution in [0.1, 0.15) is 0 Å². The first-order valence-corrected chi connectivity index (χ1v) is 7.69. The summed E-state index contributed by atoms with van der Waals surface area (Å²) < 4.78 is 59.8. The molecular weight excluding hydrogens is 410 g/mol. The number of hydrogen-bond acceptors (Lipinski definition) is 3. The monoisotopic (exact) mass is 421 g/mol. The van der Waals surface area contributed by atoms with E-state index in [1.165, 1.54) is 36.4 Å². The van der Waals surface area contributed by atoms with E-state index in [9.17, 15) is 22.4 Å². The van der Waals surface area contributed by atoms with Gasteiger partial charge in [-0.25, -0.2) is 4.39 Å². The Kier molecular flexibility index (Phi) is 6.24. The van der Waals surface area contributed by atoms with E-state index in [1.807, 2.05) is 0 Å². The Hall–Kier alpha value is -2.29. The molecule has 25 heavy (non-hydrogen) atoms. The van der Waals surface area contributed by atoms with E-state index < -0.39 is 31.1 Å². The molecule has 1 amide bonds. The van der Waals surface area contributed by atoms with Crippen LogP contribution < -0.4 is 14.8 Å². The normalized spacial score (nSPS) is 11.1. The summed E-state index contributed by atoms with van der Waals surface area (Å²) in [5, 5.41) is 2.47. The highest BCUT2D eigenvalue weighted by Gasteiger charge is 2.28. The van der Waals surface area contributed by atoms with Gasteiger partial charge < -0.3 is 14.8 Å². The minimum atomic E-state index is -4.42. The van der Waals surface area contributed by atoms with Crippen molar-refractivity contribution in [3.8, 4) is 11.5 Å². The summed E-state index contributed by atoms with van der Waals surface area (Å²) in [6.45, 7) is -1.82. The van der Waals surface area contributed by atoms with Crippen LogP contribution in [0.25, 0.3) is 0 Å². The molecule has 2 aromatic rings. The Labute approximate surface area is 148 Å². The molecule has 0 aliphatic carbocycles. The zero-order valence-corrected chi connectivity index (χ0v) is 14.2. The van der Waals surface area contributed by atoms with Crippen molar-refractivity contribution < 1.29 is 31.8 Å². The lowest BCUT2D eigenvalue weighted by molar-refractivity contribution is -0.153. The van der Waals surface area contributed by atoms with E-state index in [0.717, 1.165) is 0 Å². The maximum absolute atomic E-state index is 13.5. The first-order valence-electron chi connectivity index (χ1n) is 6.90. The van der Waals surface area contributed by atoms with Crippen molar-refractivity contribution in [1.29, 1.82) is 0 Å². The number of carbonyl (C=O) groups is 1. The molecule has 0 aromatic heterocycles. The third-order valence-corrected chi connectivity index (χ3v) is 3.29. The second kappa shape index (κ2) is 8.19. The van der Waals surface area contributed by atoms with Gasteiger partial charge in [0.1, 0.15) is 5.75 Å². The molecule has 0 saturated heterocycles. The smallest absolute Gasteiger partial charge is 0.422 e. The number of ether oxygens (including phenoxy) is 2. The van der Waals surface area contributed by atoms with Crippen LogP contribution in [0.5, 0.6) is 11.5 Å². The van der Waals surface area contributed by atoms with Gasteiger partial charge in [0.25, 0.3) is 5.91 Å². The number of alkyl halides is 3. The van der Waals surface area contributed by atoms with Crippen LogP contribution >= 0.6 is 15.9 Å². The second-order valence-electron chi connectivity index (χ2n) is 4.84. The Morgan fingerprint density at radius 1 is 1.08 bits per heavy atom. The number of anilines is 1. The number of amides is 1. The van der Waals surface area contributed by atoms with Gasteiger partial charge in [0.2, 0.25) is 0 Å². The highest BCUT2D eigenvalue weighted by molar-refractivity contribution is 9.10. The third kappa shape index (κ3) is 6.61. The van der Waals surface area contributed by atoms with Crippen molar-refractivity contribution in [1.82, 2.24) is 0 Å². The van der Waals surface area contributed by atoms with Crippen molar-refractivity contribution >= 4 is 27.5 Å². The van der Waals surface area contributed by atoms with Crippen molar-refractivity contribution in [2.45, 2.75) is 6.18 Å². The Bertz CT molecular complexity index is 735. The fourth-order valence-electron chi connectivity index (χ4n) is 1.73. The molecule has 0 heterocycles. The van der Waals surface area contributed by atoms with Gasteiger partial charge in [0.15, 0.2) is 24.8 Å². The molecule has 0 fully saturated rings. The van der Waals surface area contributed by atoms with Gasteiger partial charge in [-0.2, -0.15) is 13.2 Å². The number of halogens is 5. The Morgan fingerprint density at radius 3 is 2.36 bits per heavy atom. The number of nitrogens with one attached hydrogen (secondary N) is 1. The summed E-state index contributed by atoms with van der Waals surface area (Å²) in [6, 6.07) is 9.48. The molecule has 134 valence electrons. The highest BCUT2D eigenvalue weighted by Crippen LogP contribution is 2.22. The second-order valence-corrected chi connectivity index (χ2v) is 5.76. The summed E-state index contributed by atoms with van der Waals surface area (Å²) >= 11 is 3.10. The van der Waals surface area contributed by atoms with Crippen LogP contribution in [0.3, 0.4) is 0 Å². The van der Waals surface area contributed by atoms with Gasteiger partial charge in [0, 0.05) is 10.2 Å². The van der Waals surface area contributed by atoms with Crippen LogP contribution in [0.2, 0.25) is 0 Å². The quantitative estimate of drug-likeness (QED) is 0.696. The zero-order chi connectivity index (χ0) is 18.4. The molecule has 0 aliphatic heterocycles. The molecule has 2 aromatic carbocycles. The molecule has 0 aliphatic rings. The van der Waals surface area contributed by atoms with E-state index in [0.29, 0.717) is 10.2 Å². The third-order valence-electron chi connectivity index (χ3n) is 2.79. The maximum atomic E-state index is 13.5. The van der Waals surface area contributed by atoms with Gasteiger partial charge in [-0.1, -0.05) is 15.9 Å². The number of rotatable bonds is 6. The van der Waals surface area contributed by atoms with Crippen LogP contribution in [0, 0.1) is 5.82 Å². The summed E-state index contributed by atoms with van der Waals surface area (Å²) in [6.07, 6.45) is -4.42. The summed E-state index contributed by atoms with van der Waals surface area (Å²) in [5.74, 6) is -1.22. The van der Waals surface area contributed by atoms with Crippen molar-refractivity contribution in [3.05, 3.63) is 52.8 Å². The van der Waals surface area contributed by atoms with Crippen LogP contribution in [0.15, 0.2) is 46.9 Å². The minimum Gasteiger partial charge on any atom is -0.484 e. The summed E-state index contributed by atoms with van der Waals surface area (Å²) in [4.78, 5) is 11.8. The van der Waals surface area contributed by atoms with Crippen LogP contribution in [-0.2, 0) is 4.79 Å². The van der Waals surface area contributed by atoms with Crippen molar-refractivity contribution in [3.63, 3.8) is 0 Å². The fraction of sp³-hybridized carbons (Fsp3) is 0.188. The fourth-order valence-corrected chi connectivity index (χ4v) is 2.07. The largest absolute Gasteiger partial charge is 0.484 e. The number of carbonyl (C=O) groups excluding carboxylic acids is 1. The molecule has 0 atom stereocenters. The van der Waals surface area contributed by atoms with Crippen LogP contribution in [0.4, 0.5) is 23.2 Å². The van der Waals surface area contributed by atoms with E-state index in [1.54, 1.807) is 6.07 Å². The topological polar surface area (TPSA) is 47.6 Å². The molecule has 4 nitrogen and oxygen atoms in total. The molecule has 0 saturated carbocycles. The average molecular weight is 422 g/mol. The molecule has 0 radical (unpaired) electrons. The maximum Gasteiger partial charge on any atom is 0.422 e. The van der Waals surface area contributed by atoms with Crippen LogP contribution in [-0.4, -0.2) is 25.3 Å². The predicted octanol–water partition coefficient (Wildman–Crippen LogP) is 4.55. The van der Waals surface area contributed by atoms with E-state index >= 15 is 0 Å². The van der Waals surface area contributed by atoms with E-state index in [4.69, 9.17) is 4.74 Å². The lowest BCUT2D eigenvalue weighted by Gasteiger charge is -2.11. The molecule has 9 heteroatoms. The molecule has 1 N–H and O–H groups in total. The molecular formula is C16H12BrF4NO3. The minimum absolute atomic E-state index is 0.0171. The lowest BCUT2D eigenvalue weighted by Crippen LogP contribution is -2.20. The van der Waals surface area contributed by atoms with Gasteiger partial charge in [-0.15, -0.1) is 0 Å². The predicted molar refractivity (Wildman–Crippen MR) is 86.2 cm³/mol. The van der Waals surface area contributed by atoms with E-state index in [-0.39, 0.29) is 11.5 Å².